The first-order valence-corrected chi connectivity index (χ1v) is 8.69. The molecule has 1 saturated heterocycles. The van der Waals surface area contributed by atoms with Crippen molar-refractivity contribution in [1.29, 1.82) is 0 Å². The Bertz CT molecular complexity index is 377. The topological polar surface area (TPSA) is 49.4 Å². The molecule has 2 amide bonds. The number of amides is 2. The highest BCUT2D eigenvalue weighted by Gasteiger charge is 2.43. The lowest BCUT2D eigenvalue weighted by Crippen LogP contribution is -2.65. The molecule has 1 N–H and O–H groups in total. The minimum absolute atomic E-state index is 0.0802. The van der Waals surface area contributed by atoms with Gasteiger partial charge in [-0.05, 0) is 31.1 Å². The van der Waals surface area contributed by atoms with Crippen LogP contribution in [0, 0.1) is 11.8 Å². The second-order valence-corrected chi connectivity index (χ2v) is 6.82. The summed E-state index contributed by atoms with van der Waals surface area (Å²) < 4.78 is 0. The third-order valence-corrected chi connectivity index (χ3v) is 5.21. The summed E-state index contributed by atoms with van der Waals surface area (Å²) in [6.07, 6.45) is 7.53. The van der Waals surface area contributed by atoms with E-state index < -0.39 is 0 Å². The number of nitrogens with one attached hydrogen (secondary N) is 1. The minimum atomic E-state index is -0.318. The summed E-state index contributed by atoms with van der Waals surface area (Å²) in [7, 11) is 0. The SMILES string of the molecule is CCC(C)CN1C(=O)C(CC)NC(=O)C1C1CCCCC1. The largest absolute Gasteiger partial charge is 0.343 e. The summed E-state index contributed by atoms with van der Waals surface area (Å²) in [5.74, 6) is 1.01. The van der Waals surface area contributed by atoms with Gasteiger partial charge in [0.15, 0.2) is 0 Å². The normalized spacial score (nSPS) is 29.4. The van der Waals surface area contributed by atoms with Gasteiger partial charge >= 0.3 is 0 Å². The van der Waals surface area contributed by atoms with Gasteiger partial charge in [0.05, 0.1) is 0 Å². The van der Waals surface area contributed by atoms with E-state index >= 15 is 0 Å². The fourth-order valence-electron chi connectivity index (χ4n) is 3.66. The smallest absolute Gasteiger partial charge is 0.245 e. The fraction of sp³-hybridized carbons (Fsp3) is 0.882. The van der Waals surface area contributed by atoms with E-state index in [1.165, 1.54) is 19.3 Å². The third kappa shape index (κ3) is 3.58. The molecule has 1 saturated carbocycles. The lowest BCUT2D eigenvalue weighted by Gasteiger charge is -2.44. The van der Waals surface area contributed by atoms with E-state index in [1.807, 2.05) is 11.8 Å². The Morgan fingerprint density at radius 3 is 2.43 bits per heavy atom. The standard InChI is InChI=1S/C17H30N2O2/c1-4-12(3)11-19-15(13-9-7-6-8-10-13)16(20)18-14(5-2)17(19)21/h12-15H,4-11H2,1-3H3,(H,18,20). The van der Waals surface area contributed by atoms with E-state index in [1.54, 1.807) is 0 Å². The molecule has 2 aliphatic rings. The van der Waals surface area contributed by atoms with Gasteiger partial charge < -0.3 is 10.2 Å². The maximum Gasteiger partial charge on any atom is 0.245 e. The summed E-state index contributed by atoms with van der Waals surface area (Å²) >= 11 is 0. The van der Waals surface area contributed by atoms with Gasteiger partial charge in [-0.2, -0.15) is 0 Å². The Hall–Kier alpha value is -1.06. The molecule has 3 unspecified atom stereocenters. The molecule has 2 rings (SSSR count). The molecule has 4 nitrogen and oxygen atoms in total. The molecule has 0 aromatic heterocycles. The van der Waals surface area contributed by atoms with E-state index in [-0.39, 0.29) is 23.9 Å². The van der Waals surface area contributed by atoms with Crippen molar-refractivity contribution < 1.29 is 9.59 Å². The van der Waals surface area contributed by atoms with Crippen molar-refractivity contribution in [1.82, 2.24) is 10.2 Å². The molecule has 0 radical (unpaired) electrons. The molecule has 0 bridgehead atoms. The number of hydrogen-bond donors (Lipinski definition) is 1. The predicted octanol–water partition coefficient (Wildman–Crippen LogP) is 2.72. The van der Waals surface area contributed by atoms with Crippen molar-refractivity contribution in [2.24, 2.45) is 11.8 Å². The molecular formula is C17H30N2O2. The monoisotopic (exact) mass is 294 g/mol. The zero-order valence-corrected chi connectivity index (χ0v) is 13.7. The molecule has 1 heterocycles. The van der Waals surface area contributed by atoms with Crippen LogP contribution in [0.15, 0.2) is 0 Å². The predicted molar refractivity (Wildman–Crippen MR) is 83.8 cm³/mol. The van der Waals surface area contributed by atoms with Crippen molar-refractivity contribution in [3.05, 3.63) is 0 Å². The van der Waals surface area contributed by atoms with Crippen LogP contribution < -0.4 is 5.32 Å². The number of rotatable bonds is 5. The molecule has 21 heavy (non-hydrogen) atoms. The number of hydrogen-bond acceptors (Lipinski definition) is 2. The Kier molecular flexibility index (Phi) is 5.65. The summed E-state index contributed by atoms with van der Waals surface area (Å²) in [5.41, 5.74) is 0. The van der Waals surface area contributed by atoms with Crippen molar-refractivity contribution in [2.75, 3.05) is 6.54 Å². The van der Waals surface area contributed by atoms with Crippen LogP contribution in [-0.4, -0.2) is 35.3 Å². The maximum absolute atomic E-state index is 12.7. The number of nitrogens with zero attached hydrogens (tertiary/aromatic N) is 1. The third-order valence-electron chi connectivity index (χ3n) is 5.21. The molecule has 2 fully saturated rings. The molecule has 0 aromatic carbocycles. The van der Waals surface area contributed by atoms with Crippen molar-refractivity contribution in [2.45, 2.75) is 77.8 Å². The molecule has 120 valence electrons. The second kappa shape index (κ2) is 7.28. The molecular weight excluding hydrogens is 264 g/mol. The first-order chi connectivity index (χ1) is 10.1. The highest BCUT2D eigenvalue weighted by molar-refractivity contribution is 5.97. The van der Waals surface area contributed by atoms with Crippen LogP contribution in [0.3, 0.4) is 0 Å². The Morgan fingerprint density at radius 2 is 1.86 bits per heavy atom. The van der Waals surface area contributed by atoms with Gasteiger partial charge in [-0.25, -0.2) is 0 Å². The lowest BCUT2D eigenvalue weighted by atomic mass is 9.81. The maximum atomic E-state index is 12.7. The highest BCUT2D eigenvalue weighted by Crippen LogP contribution is 2.31. The van der Waals surface area contributed by atoms with Crippen molar-refractivity contribution in [3.63, 3.8) is 0 Å². The van der Waals surface area contributed by atoms with Gasteiger partial charge in [-0.3, -0.25) is 9.59 Å². The molecule has 0 aromatic rings. The Labute approximate surface area is 128 Å². The van der Waals surface area contributed by atoms with E-state index in [0.29, 0.717) is 18.3 Å². The van der Waals surface area contributed by atoms with Gasteiger partial charge in [0, 0.05) is 6.54 Å². The number of carbonyl (C=O) groups is 2. The van der Waals surface area contributed by atoms with Gasteiger partial charge in [0.25, 0.3) is 0 Å². The van der Waals surface area contributed by atoms with Crippen molar-refractivity contribution >= 4 is 11.8 Å². The quantitative estimate of drug-likeness (QED) is 0.847. The van der Waals surface area contributed by atoms with Crippen LogP contribution in [0.25, 0.3) is 0 Å². The first kappa shape index (κ1) is 16.3. The zero-order valence-electron chi connectivity index (χ0n) is 13.7. The lowest BCUT2D eigenvalue weighted by molar-refractivity contribution is -0.153. The van der Waals surface area contributed by atoms with Crippen molar-refractivity contribution in [3.8, 4) is 0 Å². The Morgan fingerprint density at radius 1 is 1.19 bits per heavy atom. The van der Waals surface area contributed by atoms with Gasteiger partial charge in [0.1, 0.15) is 12.1 Å². The molecule has 3 atom stereocenters. The second-order valence-electron chi connectivity index (χ2n) is 6.82. The van der Waals surface area contributed by atoms with Crippen LogP contribution in [0.2, 0.25) is 0 Å². The summed E-state index contributed by atoms with van der Waals surface area (Å²) in [4.78, 5) is 27.2. The van der Waals surface area contributed by atoms with Crippen LogP contribution >= 0.6 is 0 Å². The molecule has 4 heteroatoms. The average molecular weight is 294 g/mol. The van der Waals surface area contributed by atoms with Gasteiger partial charge in [0.2, 0.25) is 11.8 Å². The number of piperazine rings is 1. The summed E-state index contributed by atoms with van der Waals surface area (Å²) in [6, 6.07) is -0.545. The molecule has 1 aliphatic heterocycles. The van der Waals surface area contributed by atoms with E-state index in [9.17, 15) is 9.59 Å². The van der Waals surface area contributed by atoms with Gasteiger partial charge in [-0.1, -0.05) is 46.5 Å². The first-order valence-electron chi connectivity index (χ1n) is 8.69. The highest BCUT2D eigenvalue weighted by atomic mass is 16.2. The van der Waals surface area contributed by atoms with Crippen LogP contribution in [-0.2, 0) is 9.59 Å². The van der Waals surface area contributed by atoms with Crippen LogP contribution in [0.4, 0.5) is 0 Å². The van der Waals surface area contributed by atoms with Crippen LogP contribution in [0.1, 0.15) is 65.7 Å². The zero-order chi connectivity index (χ0) is 15.4. The molecule has 0 spiro atoms. The van der Waals surface area contributed by atoms with Gasteiger partial charge in [-0.15, -0.1) is 0 Å². The summed E-state index contributed by atoms with van der Waals surface area (Å²) in [6.45, 7) is 7.00. The minimum Gasteiger partial charge on any atom is -0.343 e. The fourth-order valence-corrected chi connectivity index (χ4v) is 3.66. The summed E-state index contributed by atoms with van der Waals surface area (Å²) in [5, 5.41) is 2.95. The van der Waals surface area contributed by atoms with Crippen LogP contribution in [0.5, 0.6) is 0 Å². The van der Waals surface area contributed by atoms with E-state index in [0.717, 1.165) is 25.8 Å². The average Bonchev–Trinajstić information content (AvgIpc) is 2.51. The Balaban J connectivity index is 2.19. The van der Waals surface area contributed by atoms with E-state index in [4.69, 9.17) is 0 Å². The molecule has 1 aliphatic carbocycles. The number of carbonyl (C=O) groups excluding carboxylic acids is 2. The van der Waals surface area contributed by atoms with E-state index in [2.05, 4.69) is 19.2 Å².